The Labute approximate surface area is 148 Å². The molecule has 1 saturated carbocycles. The van der Waals surface area contributed by atoms with Gasteiger partial charge in [-0.25, -0.2) is 0 Å². The van der Waals surface area contributed by atoms with Crippen molar-refractivity contribution in [2.75, 3.05) is 6.61 Å². The molecule has 142 valence electrons. The highest BCUT2D eigenvalue weighted by Gasteiger charge is 2.48. The number of carbonyl (C=O) groups is 2. The molecule has 9 nitrogen and oxygen atoms in total. The second-order valence-electron chi connectivity index (χ2n) is 6.22. The molecule has 9 heteroatoms. The number of nitrogens with zero attached hydrogens (tertiary/aromatic N) is 3. The summed E-state index contributed by atoms with van der Waals surface area (Å²) in [5, 5.41) is 6.60. The molecule has 3 N–H and O–H groups in total. The summed E-state index contributed by atoms with van der Waals surface area (Å²) in [4.78, 5) is 26.8. The first kappa shape index (κ1) is 21.2. The topological polar surface area (TPSA) is 139 Å². The Balaban J connectivity index is 3.22. The number of azide groups is 1. The first-order chi connectivity index (χ1) is 11.9. The van der Waals surface area contributed by atoms with Crippen LogP contribution in [0.25, 0.3) is 10.4 Å². The molecule has 1 unspecified atom stereocenters. The van der Waals surface area contributed by atoms with Crippen LogP contribution in [0.2, 0.25) is 0 Å². The molecule has 0 heterocycles. The van der Waals surface area contributed by atoms with Crippen molar-refractivity contribution in [3.63, 3.8) is 0 Å². The predicted octanol–water partition coefficient (Wildman–Crippen LogP) is 1.65. The Morgan fingerprint density at radius 2 is 2.00 bits per heavy atom. The van der Waals surface area contributed by atoms with Gasteiger partial charge >= 0.3 is 5.97 Å². The maximum Gasteiger partial charge on any atom is 0.309 e. The van der Waals surface area contributed by atoms with Crippen LogP contribution >= 0.6 is 0 Å². The number of nitrogens with one attached hydrogen (secondary N) is 1. The van der Waals surface area contributed by atoms with Gasteiger partial charge in [0.2, 0.25) is 5.91 Å². The number of hydrogen-bond acceptors (Lipinski definition) is 6. The molecule has 25 heavy (non-hydrogen) atoms. The van der Waals surface area contributed by atoms with Gasteiger partial charge in [-0.2, -0.15) is 0 Å². The summed E-state index contributed by atoms with van der Waals surface area (Å²) in [6, 6.07) is -1.84. The minimum Gasteiger partial charge on any atom is -0.466 e. The molecule has 0 aromatic carbocycles. The van der Waals surface area contributed by atoms with E-state index in [0.29, 0.717) is 0 Å². The van der Waals surface area contributed by atoms with Gasteiger partial charge in [0.25, 0.3) is 0 Å². The maximum atomic E-state index is 12.3. The molecule has 0 radical (unpaired) electrons. The highest BCUT2D eigenvalue weighted by Crippen LogP contribution is 2.32. The van der Waals surface area contributed by atoms with Crippen LogP contribution in [-0.2, 0) is 19.1 Å². The lowest BCUT2D eigenvalue weighted by Gasteiger charge is -2.44. The average molecular weight is 355 g/mol. The Morgan fingerprint density at radius 1 is 1.36 bits per heavy atom. The number of nitrogens with two attached hydrogens (primary N) is 1. The lowest BCUT2D eigenvalue weighted by molar-refractivity contribution is -0.155. The number of esters is 1. The van der Waals surface area contributed by atoms with Crippen molar-refractivity contribution < 1.29 is 19.1 Å². The van der Waals surface area contributed by atoms with Crippen LogP contribution < -0.4 is 11.1 Å². The van der Waals surface area contributed by atoms with E-state index in [4.69, 9.17) is 20.7 Å². The number of amides is 1. The molecule has 0 saturated heterocycles. The van der Waals surface area contributed by atoms with E-state index in [-0.39, 0.29) is 25.0 Å². The van der Waals surface area contributed by atoms with Crippen LogP contribution in [-0.4, -0.2) is 48.8 Å². The first-order valence-electron chi connectivity index (χ1n) is 8.78. The highest BCUT2D eigenvalue weighted by molar-refractivity contribution is 5.75. The Kier molecular flexibility index (Phi) is 8.68. The SMILES string of the molecule is CCOC(=O)C1C[C@H](N)[C@@H](NC(C)=O)[C@H](OC(CC)CC)[C@@H]1N=[N+]=[N-]. The lowest BCUT2D eigenvalue weighted by atomic mass is 9.76. The van der Waals surface area contributed by atoms with Gasteiger partial charge in [-0.3, -0.25) is 9.59 Å². The molecule has 1 rings (SSSR count). The second-order valence-corrected chi connectivity index (χ2v) is 6.22. The molecule has 5 atom stereocenters. The van der Waals surface area contributed by atoms with E-state index in [1.54, 1.807) is 6.92 Å². The van der Waals surface area contributed by atoms with E-state index in [1.807, 2.05) is 13.8 Å². The summed E-state index contributed by atoms with van der Waals surface area (Å²) in [6.07, 6.45) is 0.967. The minimum atomic E-state index is -0.790. The minimum absolute atomic E-state index is 0.0919. The fraction of sp³-hybridized carbons (Fsp3) is 0.875. The third-order valence-corrected chi connectivity index (χ3v) is 4.49. The van der Waals surface area contributed by atoms with Crippen molar-refractivity contribution >= 4 is 11.9 Å². The first-order valence-corrected chi connectivity index (χ1v) is 8.78. The molecule has 0 spiro atoms. The van der Waals surface area contributed by atoms with E-state index in [1.165, 1.54) is 6.92 Å². The lowest BCUT2D eigenvalue weighted by Crippen LogP contribution is -2.65. The van der Waals surface area contributed by atoms with Crippen molar-refractivity contribution in [3.8, 4) is 0 Å². The summed E-state index contributed by atoms with van der Waals surface area (Å²) >= 11 is 0. The van der Waals surface area contributed by atoms with Gasteiger partial charge in [0.05, 0.1) is 36.8 Å². The van der Waals surface area contributed by atoms with Gasteiger partial charge in [0.15, 0.2) is 0 Å². The van der Waals surface area contributed by atoms with Crippen molar-refractivity contribution in [1.29, 1.82) is 0 Å². The number of ether oxygens (including phenoxy) is 2. The number of hydrogen-bond donors (Lipinski definition) is 2. The number of rotatable bonds is 8. The summed E-state index contributed by atoms with van der Waals surface area (Å²) in [6.45, 7) is 7.29. The number of carbonyl (C=O) groups excluding carboxylic acids is 2. The molecular weight excluding hydrogens is 326 g/mol. The summed E-state index contributed by atoms with van der Waals surface area (Å²) in [5.41, 5.74) is 15.2. The van der Waals surface area contributed by atoms with Crippen LogP contribution in [0.3, 0.4) is 0 Å². The van der Waals surface area contributed by atoms with Crippen LogP contribution in [0.4, 0.5) is 0 Å². The maximum absolute atomic E-state index is 12.3. The van der Waals surface area contributed by atoms with Gasteiger partial charge in [-0.1, -0.05) is 19.0 Å². The van der Waals surface area contributed by atoms with E-state index >= 15 is 0 Å². The van der Waals surface area contributed by atoms with E-state index in [2.05, 4.69) is 15.3 Å². The largest absolute Gasteiger partial charge is 0.466 e. The van der Waals surface area contributed by atoms with Crippen LogP contribution in [0.5, 0.6) is 0 Å². The quantitative estimate of drug-likeness (QED) is 0.295. The summed E-state index contributed by atoms with van der Waals surface area (Å²) < 4.78 is 11.2. The van der Waals surface area contributed by atoms with Crippen molar-refractivity contribution in [2.24, 2.45) is 16.8 Å². The molecule has 1 aliphatic carbocycles. The standard InChI is InChI=1S/C16H29N5O4/c1-5-10(6-2)25-15-13(20-21-18)11(16(23)24-7-3)8-12(17)14(15)19-9(4)22/h10-15H,5-8,17H2,1-4H3,(H,19,22)/t11?,12-,13+,14+,15+/m0/s1. The molecule has 1 fully saturated rings. The van der Waals surface area contributed by atoms with Crippen LogP contribution in [0.1, 0.15) is 47.0 Å². The average Bonchev–Trinajstić information content (AvgIpc) is 2.57. The van der Waals surface area contributed by atoms with Gasteiger partial charge in [-0.05, 0) is 31.7 Å². The fourth-order valence-electron chi connectivity index (χ4n) is 3.25. The fourth-order valence-corrected chi connectivity index (χ4v) is 3.25. The van der Waals surface area contributed by atoms with E-state index < -0.39 is 36.1 Å². The zero-order valence-electron chi connectivity index (χ0n) is 15.3. The molecule has 0 aromatic rings. The van der Waals surface area contributed by atoms with Gasteiger partial charge in [-0.15, -0.1) is 0 Å². The highest BCUT2D eigenvalue weighted by atomic mass is 16.5. The Morgan fingerprint density at radius 3 is 2.48 bits per heavy atom. The van der Waals surface area contributed by atoms with Gasteiger partial charge in [0, 0.05) is 17.9 Å². The van der Waals surface area contributed by atoms with Crippen LogP contribution in [0, 0.1) is 5.92 Å². The van der Waals surface area contributed by atoms with E-state index in [0.717, 1.165) is 12.8 Å². The van der Waals surface area contributed by atoms with Gasteiger partial charge < -0.3 is 20.5 Å². The monoisotopic (exact) mass is 355 g/mol. The molecule has 1 amide bonds. The summed E-state index contributed by atoms with van der Waals surface area (Å²) in [7, 11) is 0. The zero-order chi connectivity index (χ0) is 19.0. The molecular formula is C16H29N5O4. The van der Waals surface area contributed by atoms with Crippen molar-refractivity contribution in [3.05, 3.63) is 10.4 Å². The van der Waals surface area contributed by atoms with Crippen LogP contribution in [0.15, 0.2) is 5.11 Å². The smallest absolute Gasteiger partial charge is 0.309 e. The Hall–Kier alpha value is -1.83. The molecule has 0 bridgehead atoms. The third-order valence-electron chi connectivity index (χ3n) is 4.49. The van der Waals surface area contributed by atoms with Gasteiger partial charge in [0.1, 0.15) is 0 Å². The molecule has 0 aromatic heterocycles. The second kappa shape index (κ2) is 10.2. The molecule has 1 aliphatic rings. The third kappa shape index (κ3) is 5.59. The van der Waals surface area contributed by atoms with Crippen molar-refractivity contribution in [1.82, 2.24) is 5.32 Å². The Bertz CT molecular complexity index is 505. The zero-order valence-corrected chi connectivity index (χ0v) is 15.3. The van der Waals surface area contributed by atoms with E-state index in [9.17, 15) is 9.59 Å². The van der Waals surface area contributed by atoms with Crippen molar-refractivity contribution in [2.45, 2.75) is 77.3 Å². The molecule has 0 aliphatic heterocycles. The summed E-state index contributed by atoms with van der Waals surface area (Å²) in [5.74, 6) is -1.42. The normalized spacial score (nSPS) is 29.0. The predicted molar refractivity (Wildman–Crippen MR) is 92.5 cm³/mol.